The van der Waals surface area contributed by atoms with Crippen LogP contribution in [0, 0.1) is 0 Å². The van der Waals surface area contributed by atoms with Crippen LogP contribution in [0.5, 0.6) is 5.75 Å². The highest BCUT2D eigenvalue weighted by molar-refractivity contribution is 7.92. The van der Waals surface area contributed by atoms with Gasteiger partial charge < -0.3 is 19.3 Å². The number of amides is 2. The molecule has 0 aromatic heterocycles. The van der Waals surface area contributed by atoms with E-state index < -0.39 is 16.1 Å². The van der Waals surface area contributed by atoms with Gasteiger partial charge in [0.15, 0.2) is 0 Å². The number of nitrogens with one attached hydrogen (secondary N) is 1. The van der Waals surface area contributed by atoms with Crippen LogP contribution in [0.15, 0.2) is 71.6 Å². The SMILES string of the molecule is CN1C(=O)c2cc(NS(=O)(=O)c3ccc(Cl)cc3)ccc2OC[C@H]2O[C@H](CC(=O)N3CCc4ccccc4C3)CC[C@H]21. The van der Waals surface area contributed by atoms with Crippen molar-refractivity contribution in [2.45, 2.75) is 55.4 Å². The molecule has 0 aliphatic carbocycles. The molecule has 3 heterocycles. The van der Waals surface area contributed by atoms with E-state index in [9.17, 15) is 18.0 Å². The number of carbonyl (C=O) groups excluding carboxylic acids is 2. The van der Waals surface area contributed by atoms with Crippen LogP contribution in [0.3, 0.4) is 0 Å². The van der Waals surface area contributed by atoms with Crippen molar-refractivity contribution in [1.29, 1.82) is 0 Å². The van der Waals surface area contributed by atoms with Crippen LogP contribution in [0.4, 0.5) is 5.69 Å². The molecule has 42 heavy (non-hydrogen) atoms. The summed E-state index contributed by atoms with van der Waals surface area (Å²) in [5, 5.41) is 0.428. The van der Waals surface area contributed by atoms with E-state index in [1.807, 2.05) is 17.0 Å². The topological polar surface area (TPSA) is 105 Å². The predicted octanol–water partition coefficient (Wildman–Crippen LogP) is 4.50. The van der Waals surface area contributed by atoms with Gasteiger partial charge in [0, 0.05) is 30.8 Å². The first kappa shape index (κ1) is 28.5. The maximum Gasteiger partial charge on any atom is 0.261 e. The number of ether oxygens (including phenoxy) is 2. The molecule has 0 bridgehead atoms. The van der Waals surface area contributed by atoms with Crippen molar-refractivity contribution in [2.24, 2.45) is 0 Å². The van der Waals surface area contributed by atoms with Gasteiger partial charge in [0.1, 0.15) is 18.5 Å². The van der Waals surface area contributed by atoms with Gasteiger partial charge in [-0.3, -0.25) is 14.3 Å². The molecule has 220 valence electrons. The second-order valence-electron chi connectivity index (χ2n) is 11.0. The van der Waals surface area contributed by atoms with Crippen LogP contribution in [-0.2, 0) is 32.5 Å². The summed E-state index contributed by atoms with van der Waals surface area (Å²) in [5.74, 6) is 0.119. The van der Waals surface area contributed by atoms with Crippen molar-refractivity contribution >= 4 is 39.1 Å². The highest BCUT2D eigenvalue weighted by atomic mass is 35.5. The third-order valence-corrected chi connectivity index (χ3v) is 9.92. The van der Waals surface area contributed by atoms with Gasteiger partial charge in [-0.25, -0.2) is 8.42 Å². The molecule has 3 atom stereocenters. The maximum atomic E-state index is 13.6. The number of halogens is 1. The van der Waals surface area contributed by atoms with E-state index in [4.69, 9.17) is 21.1 Å². The van der Waals surface area contributed by atoms with Gasteiger partial charge in [0.25, 0.3) is 15.9 Å². The number of rotatable bonds is 5. The van der Waals surface area contributed by atoms with Crippen LogP contribution >= 0.6 is 11.6 Å². The van der Waals surface area contributed by atoms with Crippen LogP contribution in [0.2, 0.25) is 5.02 Å². The molecule has 1 saturated heterocycles. The fourth-order valence-corrected chi connectivity index (χ4v) is 7.13. The molecule has 0 spiro atoms. The summed E-state index contributed by atoms with van der Waals surface area (Å²) in [5.41, 5.74) is 2.99. The maximum absolute atomic E-state index is 13.6. The Bertz CT molecular complexity index is 1610. The number of hydrogen-bond acceptors (Lipinski definition) is 6. The lowest BCUT2D eigenvalue weighted by atomic mass is 9.94. The lowest BCUT2D eigenvalue weighted by Crippen LogP contribution is -2.54. The molecule has 0 radical (unpaired) electrons. The van der Waals surface area contributed by atoms with E-state index >= 15 is 0 Å². The van der Waals surface area contributed by atoms with Crippen molar-refractivity contribution < 1.29 is 27.5 Å². The Labute approximate surface area is 250 Å². The van der Waals surface area contributed by atoms with Gasteiger partial charge in [-0.2, -0.15) is 0 Å². The lowest BCUT2D eigenvalue weighted by molar-refractivity contribution is -0.143. The number of carbonyl (C=O) groups is 2. The average Bonchev–Trinajstić information content (AvgIpc) is 2.99. The zero-order valence-electron chi connectivity index (χ0n) is 23.2. The van der Waals surface area contributed by atoms with E-state index in [2.05, 4.69) is 16.9 Å². The standard InChI is InChI=1S/C31H32ClN3O6S/c1-34-27-12-9-24(17-30(36)35-15-14-20-4-2-3-5-21(20)18-35)41-29(27)19-40-28-13-8-23(16-26(28)31(34)37)33-42(38,39)25-10-6-22(32)7-11-25/h2-8,10-11,13,16,24,27,29,33H,9,12,14-15,17-19H2,1H3/t24-,27+,29+/m0/s1. The molecule has 11 heteroatoms. The zero-order chi connectivity index (χ0) is 29.4. The van der Waals surface area contributed by atoms with Crippen LogP contribution < -0.4 is 9.46 Å². The summed E-state index contributed by atoms with van der Waals surface area (Å²) in [4.78, 5) is 30.3. The van der Waals surface area contributed by atoms with Crippen molar-refractivity contribution in [3.63, 3.8) is 0 Å². The molecule has 3 aromatic carbocycles. The number of benzene rings is 3. The van der Waals surface area contributed by atoms with Gasteiger partial charge >= 0.3 is 0 Å². The van der Waals surface area contributed by atoms with E-state index in [-0.39, 0.29) is 53.1 Å². The van der Waals surface area contributed by atoms with E-state index in [1.54, 1.807) is 24.1 Å². The molecule has 3 aliphatic rings. The quantitative estimate of drug-likeness (QED) is 0.457. The molecule has 2 amide bonds. The van der Waals surface area contributed by atoms with Gasteiger partial charge in [-0.1, -0.05) is 35.9 Å². The van der Waals surface area contributed by atoms with E-state index in [0.717, 1.165) is 6.42 Å². The lowest BCUT2D eigenvalue weighted by Gasteiger charge is -2.42. The minimum Gasteiger partial charge on any atom is -0.490 e. The molecule has 0 unspecified atom stereocenters. The molecular weight excluding hydrogens is 578 g/mol. The third kappa shape index (κ3) is 5.84. The summed E-state index contributed by atoms with van der Waals surface area (Å²) < 4.78 is 40.7. The first-order chi connectivity index (χ1) is 20.2. The second kappa shape index (κ2) is 11.6. The Balaban J connectivity index is 1.13. The first-order valence-electron chi connectivity index (χ1n) is 14.0. The average molecular weight is 610 g/mol. The molecule has 3 aromatic rings. The Morgan fingerprint density at radius 1 is 1.05 bits per heavy atom. The Kier molecular flexibility index (Phi) is 7.87. The minimum atomic E-state index is -3.89. The Morgan fingerprint density at radius 3 is 2.60 bits per heavy atom. The van der Waals surface area contributed by atoms with Crippen molar-refractivity contribution in [2.75, 3.05) is 24.9 Å². The first-order valence-corrected chi connectivity index (χ1v) is 15.9. The number of hydrogen-bond donors (Lipinski definition) is 1. The monoisotopic (exact) mass is 609 g/mol. The largest absolute Gasteiger partial charge is 0.490 e. The van der Waals surface area contributed by atoms with Crippen LogP contribution in [0.25, 0.3) is 0 Å². The normalized spacial score (nSPS) is 22.1. The molecule has 9 nitrogen and oxygen atoms in total. The summed E-state index contributed by atoms with van der Waals surface area (Å²) in [6.07, 6.45) is 1.78. The summed E-state index contributed by atoms with van der Waals surface area (Å²) >= 11 is 5.89. The summed E-state index contributed by atoms with van der Waals surface area (Å²) in [7, 11) is -2.17. The Morgan fingerprint density at radius 2 is 1.81 bits per heavy atom. The van der Waals surface area contributed by atoms with E-state index in [1.165, 1.54) is 41.5 Å². The van der Waals surface area contributed by atoms with Gasteiger partial charge in [0.05, 0.1) is 29.0 Å². The fraction of sp³-hybridized carbons (Fsp3) is 0.355. The second-order valence-corrected chi connectivity index (χ2v) is 13.1. The van der Waals surface area contributed by atoms with E-state index in [0.29, 0.717) is 36.7 Å². The number of sulfonamides is 1. The van der Waals surface area contributed by atoms with Gasteiger partial charge in [-0.05, 0) is 72.9 Å². The Hall–Kier alpha value is -3.60. The molecule has 1 fully saturated rings. The number of anilines is 1. The van der Waals surface area contributed by atoms with Crippen molar-refractivity contribution in [3.8, 4) is 5.75 Å². The molecule has 0 saturated carbocycles. The number of likely N-dealkylation sites (N-methyl/N-ethyl adjacent to an activating group) is 1. The molecule has 6 rings (SSSR count). The third-order valence-electron chi connectivity index (χ3n) is 8.27. The van der Waals surface area contributed by atoms with Gasteiger partial charge in [0.2, 0.25) is 5.91 Å². The van der Waals surface area contributed by atoms with Crippen molar-refractivity contribution in [3.05, 3.63) is 88.4 Å². The van der Waals surface area contributed by atoms with Crippen molar-refractivity contribution in [1.82, 2.24) is 9.80 Å². The molecule has 3 aliphatic heterocycles. The molecular formula is C31H32ClN3O6S. The van der Waals surface area contributed by atoms with Gasteiger partial charge in [-0.15, -0.1) is 0 Å². The molecule has 1 N–H and O–H groups in total. The number of nitrogens with zero attached hydrogens (tertiary/aromatic N) is 2. The predicted molar refractivity (Wildman–Crippen MR) is 158 cm³/mol. The highest BCUT2D eigenvalue weighted by Gasteiger charge is 2.39. The van der Waals surface area contributed by atoms with Crippen LogP contribution in [0.1, 0.15) is 40.7 Å². The highest BCUT2D eigenvalue weighted by Crippen LogP contribution is 2.33. The summed E-state index contributed by atoms with van der Waals surface area (Å²) in [6.45, 7) is 1.51. The van der Waals surface area contributed by atoms with Crippen LogP contribution in [-0.4, -0.2) is 68.5 Å². The summed E-state index contributed by atoms with van der Waals surface area (Å²) in [6, 6.07) is 18.4. The zero-order valence-corrected chi connectivity index (χ0v) is 24.7. The fourth-order valence-electron chi connectivity index (χ4n) is 5.95. The smallest absolute Gasteiger partial charge is 0.261 e. The minimum absolute atomic E-state index is 0.0543. The number of fused-ring (bicyclic) bond motifs is 3.